The van der Waals surface area contributed by atoms with Crippen LogP contribution in [0.3, 0.4) is 0 Å². The third kappa shape index (κ3) is 5.67. The molecular formula is C12H20N4O5. The molecule has 1 saturated heterocycles. The van der Waals surface area contributed by atoms with Gasteiger partial charge in [0.2, 0.25) is 11.8 Å². The first kappa shape index (κ1) is 16.7. The summed E-state index contributed by atoms with van der Waals surface area (Å²) in [5, 5.41) is 15.5. The van der Waals surface area contributed by atoms with E-state index >= 15 is 0 Å². The van der Waals surface area contributed by atoms with E-state index < -0.39 is 24.5 Å². The van der Waals surface area contributed by atoms with E-state index in [1.54, 1.807) is 7.05 Å². The third-order valence-electron chi connectivity index (χ3n) is 3.24. The van der Waals surface area contributed by atoms with Gasteiger partial charge in [0.05, 0.1) is 6.54 Å². The van der Waals surface area contributed by atoms with Crippen LogP contribution in [0.4, 0.5) is 4.79 Å². The Labute approximate surface area is 122 Å². The van der Waals surface area contributed by atoms with Crippen molar-refractivity contribution in [2.24, 2.45) is 5.92 Å². The number of urea groups is 1. The number of piperidine rings is 1. The second-order valence-electron chi connectivity index (χ2n) is 4.70. The lowest BCUT2D eigenvalue weighted by atomic mass is 9.96. The number of nitrogens with one attached hydrogen (secondary N) is 3. The van der Waals surface area contributed by atoms with Crippen LogP contribution >= 0.6 is 0 Å². The number of carbonyl (C=O) groups is 4. The minimum Gasteiger partial charge on any atom is -0.480 e. The monoisotopic (exact) mass is 300 g/mol. The topological polar surface area (TPSA) is 128 Å². The predicted molar refractivity (Wildman–Crippen MR) is 72.4 cm³/mol. The average molecular weight is 300 g/mol. The number of aliphatic carboxylic acids is 1. The van der Waals surface area contributed by atoms with Gasteiger partial charge in [-0.2, -0.15) is 0 Å². The van der Waals surface area contributed by atoms with Gasteiger partial charge in [-0.1, -0.05) is 0 Å². The number of hydrogen-bond donors (Lipinski definition) is 4. The van der Waals surface area contributed by atoms with E-state index in [-0.39, 0.29) is 18.4 Å². The van der Waals surface area contributed by atoms with Crippen molar-refractivity contribution in [2.45, 2.75) is 12.8 Å². The van der Waals surface area contributed by atoms with E-state index in [0.29, 0.717) is 25.9 Å². The molecule has 0 saturated carbocycles. The zero-order chi connectivity index (χ0) is 15.8. The van der Waals surface area contributed by atoms with Gasteiger partial charge < -0.3 is 26.0 Å². The summed E-state index contributed by atoms with van der Waals surface area (Å²) in [6.07, 6.45) is 1.16. The second-order valence-corrected chi connectivity index (χ2v) is 4.70. The molecule has 4 N–H and O–H groups in total. The fourth-order valence-electron chi connectivity index (χ4n) is 2.05. The normalized spacial score (nSPS) is 15.2. The van der Waals surface area contributed by atoms with Crippen molar-refractivity contribution in [1.82, 2.24) is 20.9 Å². The molecule has 0 aromatic carbocycles. The number of carboxylic acids is 1. The Morgan fingerprint density at radius 2 is 1.71 bits per heavy atom. The molecule has 21 heavy (non-hydrogen) atoms. The molecule has 9 nitrogen and oxygen atoms in total. The second kappa shape index (κ2) is 8.08. The summed E-state index contributed by atoms with van der Waals surface area (Å²) < 4.78 is 0. The van der Waals surface area contributed by atoms with Gasteiger partial charge in [-0.25, -0.2) is 4.79 Å². The highest BCUT2D eigenvalue weighted by Gasteiger charge is 2.26. The summed E-state index contributed by atoms with van der Waals surface area (Å²) in [4.78, 5) is 46.3. The molecule has 9 heteroatoms. The molecular weight excluding hydrogens is 280 g/mol. The van der Waals surface area contributed by atoms with Crippen LogP contribution in [0.5, 0.6) is 0 Å². The van der Waals surface area contributed by atoms with E-state index in [1.807, 2.05) is 0 Å². The van der Waals surface area contributed by atoms with Gasteiger partial charge >= 0.3 is 12.0 Å². The molecule has 1 heterocycles. The lowest BCUT2D eigenvalue weighted by molar-refractivity contribution is -0.137. The quantitative estimate of drug-likeness (QED) is 0.484. The molecule has 118 valence electrons. The number of hydrogen-bond acceptors (Lipinski definition) is 4. The minimum absolute atomic E-state index is 0.0249. The molecule has 1 fully saturated rings. The molecule has 1 aliphatic rings. The van der Waals surface area contributed by atoms with E-state index in [1.165, 1.54) is 4.90 Å². The van der Waals surface area contributed by atoms with Crippen LogP contribution in [0.25, 0.3) is 0 Å². The van der Waals surface area contributed by atoms with Gasteiger partial charge in [-0.15, -0.1) is 0 Å². The van der Waals surface area contributed by atoms with Crippen molar-refractivity contribution < 1.29 is 24.3 Å². The molecule has 0 radical (unpaired) electrons. The van der Waals surface area contributed by atoms with E-state index in [0.717, 1.165) is 0 Å². The summed E-state index contributed by atoms with van der Waals surface area (Å²) in [6, 6.07) is -0.393. The van der Waals surface area contributed by atoms with E-state index in [2.05, 4.69) is 16.0 Å². The van der Waals surface area contributed by atoms with Crippen molar-refractivity contribution >= 4 is 23.8 Å². The minimum atomic E-state index is -1.15. The van der Waals surface area contributed by atoms with Crippen LogP contribution < -0.4 is 16.0 Å². The summed E-state index contributed by atoms with van der Waals surface area (Å²) in [5.41, 5.74) is 0. The highest BCUT2D eigenvalue weighted by Crippen LogP contribution is 2.16. The lowest BCUT2D eigenvalue weighted by Crippen LogP contribution is -2.49. The number of amides is 4. The smallest absolute Gasteiger partial charge is 0.322 e. The van der Waals surface area contributed by atoms with Crippen LogP contribution in [-0.2, 0) is 14.4 Å². The number of carbonyl (C=O) groups excluding carboxylic acids is 3. The van der Waals surface area contributed by atoms with Crippen LogP contribution in [0.15, 0.2) is 0 Å². The maximum absolute atomic E-state index is 11.8. The van der Waals surface area contributed by atoms with Gasteiger partial charge in [-0.3, -0.25) is 14.4 Å². The molecule has 4 amide bonds. The average Bonchev–Trinajstić information content (AvgIpc) is 2.49. The Morgan fingerprint density at radius 3 is 2.24 bits per heavy atom. The molecule has 0 aliphatic carbocycles. The largest absolute Gasteiger partial charge is 0.480 e. The number of likely N-dealkylation sites (tertiary alicyclic amines) is 1. The Bertz CT molecular complexity index is 418. The highest BCUT2D eigenvalue weighted by atomic mass is 16.4. The van der Waals surface area contributed by atoms with Crippen LogP contribution in [0, 0.1) is 5.92 Å². The Kier molecular flexibility index (Phi) is 6.44. The van der Waals surface area contributed by atoms with Crippen molar-refractivity contribution in [1.29, 1.82) is 0 Å². The van der Waals surface area contributed by atoms with E-state index in [4.69, 9.17) is 5.11 Å². The highest BCUT2D eigenvalue weighted by molar-refractivity contribution is 5.86. The predicted octanol–water partition coefficient (Wildman–Crippen LogP) is -1.65. The van der Waals surface area contributed by atoms with E-state index in [9.17, 15) is 19.2 Å². The summed E-state index contributed by atoms with van der Waals surface area (Å²) in [7, 11) is 1.58. The zero-order valence-electron chi connectivity index (χ0n) is 11.8. The molecule has 0 aromatic heterocycles. The van der Waals surface area contributed by atoms with Crippen LogP contribution in [-0.4, -0.2) is 67.0 Å². The number of nitrogens with zero attached hydrogens (tertiary/aromatic N) is 1. The SMILES string of the molecule is CNC(=O)C1CCN(C(=O)NCC(=O)NCC(=O)O)CC1. The Balaban J connectivity index is 2.26. The zero-order valence-corrected chi connectivity index (χ0v) is 11.8. The molecule has 0 spiro atoms. The maximum atomic E-state index is 11.8. The molecule has 0 bridgehead atoms. The Morgan fingerprint density at radius 1 is 1.10 bits per heavy atom. The van der Waals surface area contributed by atoms with Gasteiger partial charge in [0.1, 0.15) is 6.54 Å². The molecule has 0 atom stereocenters. The third-order valence-corrected chi connectivity index (χ3v) is 3.24. The lowest BCUT2D eigenvalue weighted by Gasteiger charge is -2.31. The molecule has 0 aromatic rings. The van der Waals surface area contributed by atoms with Crippen LogP contribution in [0.2, 0.25) is 0 Å². The molecule has 0 unspecified atom stereocenters. The fraction of sp³-hybridized carbons (Fsp3) is 0.667. The first-order chi connectivity index (χ1) is 9.93. The molecule has 1 aliphatic heterocycles. The first-order valence-corrected chi connectivity index (χ1v) is 6.67. The van der Waals surface area contributed by atoms with Crippen molar-refractivity contribution in [3.8, 4) is 0 Å². The maximum Gasteiger partial charge on any atom is 0.322 e. The Hall–Kier alpha value is -2.32. The van der Waals surface area contributed by atoms with Crippen molar-refractivity contribution in [3.63, 3.8) is 0 Å². The summed E-state index contributed by atoms with van der Waals surface area (Å²) >= 11 is 0. The van der Waals surface area contributed by atoms with Crippen molar-refractivity contribution in [2.75, 3.05) is 33.2 Å². The summed E-state index contributed by atoms with van der Waals surface area (Å²) in [5.74, 6) is -1.82. The number of rotatable bonds is 5. The number of carboxylic acid groups (broad SMARTS) is 1. The first-order valence-electron chi connectivity index (χ1n) is 6.67. The van der Waals surface area contributed by atoms with Gasteiger partial charge in [0.25, 0.3) is 0 Å². The van der Waals surface area contributed by atoms with Gasteiger partial charge in [0, 0.05) is 26.1 Å². The van der Waals surface area contributed by atoms with Crippen molar-refractivity contribution in [3.05, 3.63) is 0 Å². The standard InChI is InChI=1S/C12H20N4O5/c1-13-11(20)8-2-4-16(5-3-8)12(21)15-6-9(17)14-7-10(18)19/h8H,2-7H2,1H3,(H,13,20)(H,14,17)(H,15,21)(H,18,19). The summed E-state index contributed by atoms with van der Waals surface area (Å²) in [6.45, 7) is 0.134. The molecule has 1 rings (SSSR count). The van der Waals surface area contributed by atoms with Crippen LogP contribution in [0.1, 0.15) is 12.8 Å². The van der Waals surface area contributed by atoms with Gasteiger partial charge in [-0.05, 0) is 12.8 Å². The fourth-order valence-corrected chi connectivity index (χ4v) is 2.05. The van der Waals surface area contributed by atoms with Gasteiger partial charge in [0.15, 0.2) is 0 Å².